The summed E-state index contributed by atoms with van der Waals surface area (Å²) < 4.78 is 150. The predicted molar refractivity (Wildman–Crippen MR) is 131 cm³/mol. The van der Waals surface area contributed by atoms with E-state index >= 15 is 0 Å². The van der Waals surface area contributed by atoms with Crippen molar-refractivity contribution < 1.29 is 67.6 Å². The number of aromatic nitrogens is 2. The van der Waals surface area contributed by atoms with Crippen LogP contribution in [0.25, 0.3) is 11.4 Å². The van der Waals surface area contributed by atoms with Crippen molar-refractivity contribution in [1.29, 1.82) is 0 Å². The maximum absolute atomic E-state index is 13.7. The minimum Gasteiger partial charge on any atom is -0.490 e. The Morgan fingerprint density at radius 1 is 0.721 bits per heavy atom. The van der Waals surface area contributed by atoms with Crippen molar-refractivity contribution in [3.8, 4) is 22.9 Å². The number of alkyl halides is 10. The molecule has 1 aromatic heterocycles. The molecule has 0 aliphatic heterocycles. The number of hydrogen-bond donors (Lipinski definition) is 0. The Kier molecular flexibility index (Phi) is 13.7. The summed E-state index contributed by atoms with van der Waals surface area (Å²) in [5.41, 5.74) is 0.630. The number of unbranched alkanes of at least 4 members (excludes halogenated alkanes) is 4. The molecular formula is C26H30F10N2O5. The highest BCUT2D eigenvalue weighted by Crippen LogP contribution is 2.44. The summed E-state index contributed by atoms with van der Waals surface area (Å²) in [6.07, 6.45) is -21.2. The average Bonchev–Trinajstić information content (AvgIpc) is 2.92. The molecule has 0 aliphatic rings. The molecule has 0 amide bonds. The molecule has 0 atom stereocenters. The van der Waals surface area contributed by atoms with E-state index in [1.54, 1.807) is 36.7 Å². The van der Waals surface area contributed by atoms with Crippen LogP contribution >= 0.6 is 0 Å². The van der Waals surface area contributed by atoms with Gasteiger partial charge < -0.3 is 14.2 Å². The van der Waals surface area contributed by atoms with Crippen LogP contribution in [0.15, 0.2) is 36.7 Å². The molecule has 0 N–H and O–H groups in total. The van der Waals surface area contributed by atoms with Gasteiger partial charge in [-0.2, -0.15) is 35.1 Å². The number of halogens is 10. The smallest absolute Gasteiger partial charge is 0.453 e. The molecule has 0 radical (unpaired) electrons. The van der Waals surface area contributed by atoms with E-state index in [0.717, 1.165) is 32.1 Å². The van der Waals surface area contributed by atoms with Crippen molar-refractivity contribution >= 4 is 0 Å². The third kappa shape index (κ3) is 11.9. The van der Waals surface area contributed by atoms with E-state index in [1.165, 1.54) is 0 Å². The largest absolute Gasteiger partial charge is 0.490 e. The summed E-state index contributed by atoms with van der Waals surface area (Å²) in [6, 6.07) is 6.53. The molecule has 1 aromatic carbocycles. The first-order valence-corrected chi connectivity index (χ1v) is 13.0. The van der Waals surface area contributed by atoms with Crippen LogP contribution in [-0.4, -0.2) is 67.3 Å². The van der Waals surface area contributed by atoms with Gasteiger partial charge in [0.1, 0.15) is 6.61 Å². The van der Waals surface area contributed by atoms with Gasteiger partial charge in [-0.05, 0) is 30.7 Å². The number of rotatable bonds is 21. The Morgan fingerprint density at radius 2 is 1.33 bits per heavy atom. The summed E-state index contributed by atoms with van der Waals surface area (Å²) in [5, 5.41) is 0. The quantitative estimate of drug-likeness (QED) is 0.101. The Bertz CT molecular complexity index is 1100. The first-order valence-electron chi connectivity index (χ1n) is 13.0. The van der Waals surface area contributed by atoms with Crippen molar-refractivity contribution in [2.75, 3.05) is 26.4 Å². The molecule has 0 fully saturated rings. The molecular weight excluding hydrogens is 610 g/mol. The van der Waals surface area contributed by atoms with Gasteiger partial charge in [-0.25, -0.2) is 28.2 Å². The standard InChI is InChI=1S/C26H30F10N2O5/c1-2-3-4-5-6-14-41-20-16-18(21-37-11-7-12-38-21)9-10-19(20)40-15-8-13-39-17-23(29,30)42-25(33,34)26(35,36)43-24(31,32)22(27)28/h7,9-12,16,22H,2-6,8,13-15,17H2,1H3. The molecule has 0 spiro atoms. The fourth-order valence-electron chi connectivity index (χ4n) is 3.30. The third-order valence-corrected chi connectivity index (χ3v) is 5.37. The van der Waals surface area contributed by atoms with Crippen LogP contribution in [0.1, 0.15) is 45.4 Å². The molecule has 7 nitrogen and oxygen atoms in total. The maximum Gasteiger partial charge on any atom is 0.453 e. The fraction of sp³-hybridized carbons (Fsp3) is 0.615. The maximum atomic E-state index is 13.7. The first-order chi connectivity index (χ1) is 20.1. The second-order valence-electron chi connectivity index (χ2n) is 8.99. The van der Waals surface area contributed by atoms with E-state index in [1.807, 2.05) is 0 Å². The van der Waals surface area contributed by atoms with Gasteiger partial charge >= 0.3 is 30.9 Å². The van der Waals surface area contributed by atoms with E-state index in [2.05, 4.69) is 31.1 Å². The summed E-state index contributed by atoms with van der Waals surface area (Å²) in [6.45, 7) is -0.255. The zero-order valence-electron chi connectivity index (χ0n) is 22.8. The monoisotopic (exact) mass is 640 g/mol. The number of hydrogen-bond acceptors (Lipinski definition) is 7. The van der Waals surface area contributed by atoms with Crippen molar-refractivity contribution in [1.82, 2.24) is 9.97 Å². The van der Waals surface area contributed by atoms with Crippen LogP contribution < -0.4 is 9.47 Å². The van der Waals surface area contributed by atoms with E-state index in [-0.39, 0.29) is 18.8 Å². The minimum atomic E-state index is -6.54. The summed E-state index contributed by atoms with van der Waals surface area (Å²) in [4.78, 5) is 8.34. The molecule has 0 unspecified atom stereocenters. The second kappa shape index (κ2) is 16.2. The lowest BCUT2D eigenvalue weighted by Gasteiger charge is -2.30. The summed E-state index contributed by atoms with van der Waals surface area (Å²) in [5.74, 6) is 1.06. The normalized spacial score (nSPS) is 13.0. The van der Waals surface area contributed by atoms with Gasteiger partial charge in [0.25, 0.3) is 0 Å². The van der Waals surface area contributed by atoms with Gasteiger partial charge in [-0.1, -0.05) is 32.6 Å². The van der Waals surface area contributed by atoms with E-state index < -0.39 is 44.1 Å². The van der Waals surface area contributed by atoms with Gasteiger partial charge in [0.2, 0.25) is 0 Å². The van der Waals surface area contributed by atoms with Gasteiger partial charge in [0.15, 0.2) is 17.3 Å². The molecule has 0 bridgehead atoms. The van der Waals surface area contributed by atoms with E-state index in [0.29, 0.717) is 23.7 Å². The number of benzene rings is 1. The summed E-state index contributed by atoms with van der Waals surface area (Å²) in [7, 11) is 0. The third-order valence-electron chi connectivity index (χ3n) is 5.37. The fourth-order valence-corrected chi connectivity index (χ4v) is 3.30. The van der Waals surface area contributed by atoms with Crippen LogP contribution in [0.4, 0.5) is 43.9 Å². The SMILES string of the molecule is CCCCCCCOc1cc(-c2ncccn2)ccc1OCCCOCC(F)(F)OC(F)(F)C(F)(F)OC(F)(F)C(F)F. The molecule has 0 aliphatic carbocycles. The molecule has 2 rings (SSSR count). The molecule has 17 heteroatoms. The van der Waals surface area contributed by atoms with Gasteiger partial charge in [0.05, 0.1) is 19.8 Å². The van der Waals surface area contributed by atoms with Crippen molar-refractivity contribution in [2.45, 2.75) is 76.3 Å². The summed E-state index contributed by atoms with van der Waals surface area (Å²) >= 11 is 0. The Balaban J connectivity index is 1.88. The molecule has 1 heterocycles. The van der Waals surface area contributed by atoms with Crippen molar-refractivity contribution in [3.05, 3.63) is 36.7 Å². The molecule has 2 aromatic rings. The lowest BCUT2D eigenvalue weighted by atomic mass is 10.1. The van der Waals surface area contributed by atoms with Crippen LogP contribution in [0.2, 0.25) is 0 Å². The second-order valence-corrected chi connectivity index (χ2v) is 8.99. The number of nitrogens with zero attached hydrogens (tertiary/aromatic N) is 2. The Hall–Kier alpha value is -2.92. The average molecular weight is 641 g/mol. The Morgan fingerprint density at radius 3 is 1.98 bits per heavy atom. The van der Waals surface area contributed by atoms with Crippen LogP contribution in [0, 0.1) is 0 Å². The van der Waals surface area contributed by atoms with E-state index in [9.17, 15) is 43.9 Å². The lowest BCUT2D eigenvalue weighted by Crippen LogP contribution is -2.53. The zero-order chi connectivity index (χ0) is 32.2. The molecule has 0 saturated carbocycles. The van der Waals surface area contributed by atoms with E-state index in [4.69, 9.17) is 9.47 Å². The van der Waals surface area contributed by atoms with Crippen LogP contribution in [0.3, 0.4) is 0 Å². The molecule has 244 valence electrons. The van der Waals surface area contributed by atoms with Gasteiger partial charge in [-0.3, -0.25) is 0 Å². The highest BCUT2D eigenvalue weighted by Gasteiger charge is 2.68. The topological polar surface area (TPSA) is 71.9 Å². The lowest BCUT2D eigenvalue weighted by molar-refractivity contribution is -0.521. The van der Waals surface area contributed by atoms with Crippen molar-refractivity contribution in [3.63, 3.8) is 0 Å². The van der Waals surface area contributed by atoms with Gasteiger partial charge in [-0.15, -0.1) is 0 Å². The Labute approximate surface area is 240 Å². The number of ether oxygens (including phenoxy) is 5. The highest BCUT2D eigenvalue weighted by molar-refractivity contribution is 5.60. The van der Waals surface area contributed by atoms with Crippen molar-refractivity contribution in [2.24, 2.45) is 0 Å². The van der Waals surface area contributed by atoms with Crippen LogP contribution in [-0.2, 0) is 14.2 Å². The van der Waals surface area contributed by atoms with Crippen LogP contribution in [0.5, 0.6) is 11.5 Å². The molecule has 43 heavy (non-hydrogen) atoms. The zero-order valence-corrected chi connectivity index (χ0v) is 22.8. The molecule has 0 saturated heterocycles. The highest BCUT2D eigenvalue weighted by atomic mass is 19.3. The first kappa shape index (κ1) is 36.3. The van der Waals surface area contributed by atoms with Gasteiger partial charge in [0, 0.05) is 24.4 Å². The predicted octanol–water partition coefficient (Wildman–Crippen LogP) is 7.95. The minimum absolute atomic E-state index is 0.105.